The van der Waals surface area contributed by atoms with Crippen molar-refractivity contribution in [3.8, 4) is 0 Å². The standard InChI is InChI=1S/C18H21FN2O2S/c1-14-5-3-7-17(11-14)21-10-9-20(13-15(21)2)24(22,23)18-8-4-6-16(19)12-18/h3-8,11-12,15H,9-10,13H2,1-2H3. The van der Waals surface area contributed by atoms with Crippen molar-refractivity contribution in [3.63, 3.8) is 0 Å². The Morgan fingerprint density at radius 1 is 1.08 bits per heavy atom. The van der Waals surface area contributed by atoms with Gasteiger partial charge in [-0.05, 0) is 49.7 Å². The zero-order chi connectivity index (χ0) is 17.3. The van der Waals surface area contributed by atoms with Crippen molar-refractivity contribution in [1.29, 1.82) is 0 Å². The number of anilines is 1. The predicted molar refractivity (Wildman–Crippen MR) is 93.1 cm³/mol. The predicted octanol–water partition coefficient (Wildman–Crippen LogP) is 3.03. The Kier molecular flexibility index (Phi) is 4.60. The van der Waals surface area contributed by atoms with Gasteiger partial charge in [0, 0.05) is 31.4 Å². The van der Waals surface area contributed by atoms with Gasteiger partial charge in [0.2, 0.25) is 10.0 Å². The minimum atomic E-state index is -3.66. The van der Waals surface area contributed by atoms with Gasteiger partial charge in [-0.25, -0.2) is 12.8 Å². The highest BCUT2D eigenvalue weighted by molar-refractivity contribution is 7.89. The van der Waals surface area contributed by atoms with Gasteiger partial charge < -0.3 is 4.90 Å². The minimum Gasteiger partial charge on any atom is -0.366 e. The first kappa shape index (κ1) is 16.9. The first-order chi connectivity index (χ1) is 11.4. The number of piperazine rings is 1. The summed E-state index contributed by atoms with van der Waals surface area (Å²) in [5.41, 5.74) is 2.28. The second kappa shape index (κ2) is 6.53. The van der Waals surface area contributed by atoms with E-state index in [1.807, 2.05) is 32.0 Å². The van der Waals surface area contributed by atoms with Gasteiger partial charge in [0.05, 0.1) is 4.90 Å². The molecule has 0 saturated carbocycles. The SMILES string of the molecule is Cc1cccc(N2CCN(S(=O)(=O)c3cccc(F)c3)CC2C)c1. The maximum absolute atomic E-state index is 13.4. The van der Waals surface area contributed by atoms with Crippen LogP contribution in [0.25, 0.3) is 0 Å². The van der Waals surface area contributed by atoms with E-state index in [0.29, 0.717) is 19.6 Å². The number of nitrogens with zero attached hydrogens (tertiary/aromatic N) is 2. The molecule has 24 heavy (non-hydrogen) atoms. The molecule has 0 N–H and O–H groups in total. The highest BCUT2D eigenvalue weighted by Gasteiger charge is 2.32. The Hall–Kier alpha value is -1.92. The Bertz CT molecular complexity index is 838. The first-order valence-corrected chi connectivity index (χ1v) is 9.41. The normalized spacial score (nSPS) is 19.5. The van der Waals surface area contributed by atoms with Crippen molar-refractivity contribution in [2.75, 3.05) is 24.5 Å². The molecule has 2 aromatic rings. The lowest BCUT2D eigenvalue weighted by Gasteiger charge is -2.40. The van der Waals surface area contributed by atoms with Crippen LogP contribution in [0.5, 0.6) is 0 Å². The highest BCUT2D eigenvalue weighted by Crippen LogP contribution is 2.25. The minimum absolute atomic E-state index is 0.0127. The average molecular weight is 348 g/mol. The summed E-state index contributed by atoms with van der Waals surface area (Å²) >= 11 is 0. The quantitative estimate of drug-likeness (QED) is 0.856. The monoisotopic (exact) mass is 348 g/mol. The molecule has 0 aromatic heterocycles. The van der Waals surface area contributed by atoms with Crippen LogP contribution in [0.4, 0.5) is 10.1 Å². The lowest BCUT2D eigenvalue weighted by atomic mass is 10.1. The fourth-order valence-electron chi connectivity index (χ4n) is 3.11. The number of hydrogen-bond donors (Lipinski definition) is 0. The fourth-order valence-corrected chi connectivity index (χ4v) is 4.65. The number of sulfonamides is 1. The lowest BCUT2D eigenvalue weighted by Crippen LogP contribution is -2.53. The molecule has 1 aliphatic heterocycles. The molecule has 4 nitrogen and oxygen atoms in total. The zero-order valence-corrected chi connectivity index (χ0v) is 14.6. The molecule has 1 atom stereocenters. The van der Waals surface area contributed by atoms with E-state index in [1.165, 1.54) is 28.1 Å². The van der Waals surface area contributed by atoms with Crippen molar-refractivity contribution in [1.82, 2.24) is 4.31 Å². The number of aryl methyl sites for hydroxylation is 1. The Balaban J connectivity index is 1.80. The van der Waals surface area contributed by atoms with Crippen molar-refractivity contribution in [3.05, 3.63) is 59.9 Å². The van der Waals surface area contributed by atoms with Gasteiger partial charge in [0.15, 0.2) is 0 Å². The van der Waals surface area contributed by atoms with Gasteiger partial charge in [0.25, 0.3) is 0 Å². The maximum atomic E-state index is 13.4. The molecule has 1 fully saturated rings. The summed E-state index contributed by atoms with van der Waals surface area (Å²) in [6.07, 6.45) is 0. The van der Waals surface area contributed by atoms with Crippen LogP contribution in [0.2, 0.25) is 0 Å². The molecular weight excluding hydrogens is 327 g/mol. The van der Waals surface area contributed by atoms with Crippen LogP contribution < -0.4 is 4.90 Å². The maximum Gasteiger partial charge on any atom is 0.243 e. The smallest absolute Gasteiger partial charge is 0.243 e. The molecule has 1 saturated heterocycles. The zero-order valence-electron chi connectivity index (χ0n) is 13.8. The van der Waals surface area contributed by atoms with E-state index in [4.69, 9.17) is 0 Å². The van der Waals surface area contributed by atoms with Crippen LogP contribution in [-0.4, -0.2) is 38.4 Å². The molecule has 1 unspecified atom stereocenters. The van der Waals surface area contributed by atoms with E-state index in [-0.39, 0.29) is 10.9 Å². The highest BCUT2D eigenvalue weighted by atomic mass is 32.2. The largest absolute Gasteiger partial charge is 0.366 e. The molecule has 0 radical (unpaired) electrons. The first-order valence-electron chi connectivity index (χ1n) is 7.97. The van der Waals surface area contributed by atoms with E-state index >= 15 is 0 Å². The third-order valence-corrected chi connectivity index (χ3v) is 6.22. The van der Waals surface area contributed by atoms with Gasteiger partial charge in [-0.1, -0.05) is 18.2 Å². The second-order valence-corrected chi connectivity index (χ2v) is 8.14. The third kappa shape index (κ3) is 3.30. The van der Waals surface area contributed by atoms with Crippen LogP contribution in [0.1, 0.15) is 12.5 Å². The molecule has 3 rings (SSSR count). The van der Waals surface area contributed by atoms with Gasteiger partial charge in [0.1, 0.15) is 5.82 Å². The molecule has 128 valence electrons. The van der Waals surface area contributed by atoms with Gasteiger partial charge in [-0.3, -0.25) is 0 Å². The van der Waals surface area contributed by atoms with E-state index < -0.39 is 15.8 Å². The molecule has 1 heterocycles. The lowest BCUT2D eigenvalue weighted by molar-refractivity contribution is 0.342. The Morgan fingerprint density at radius 3 is 2.50 bits per heavy atom. The number of benzene rings is 2. The van der Waals surface area contributed by atoms with Crippen LogP contribution in [-0.2, 0) is 10.0 Å². The molecule has 0 aliphatic carbocycles. The summed E-state index contributed by atoms with van der Waals surface area (Å²) in [7, 11) is -3.66. The van der Waals surface area contributed by atoms with E-state index in [9.17, 15) is 12.8 Å². The molecule has 0 spiro atoms. The molecule has 1 aliphatic rings. The average Bonchev–Trinajstić information content (AvgIpc) is 2.54. The molecule has 2 aromatic carbocycles. The van der Waals surface area contributed by atoms with Crippen LogP contribution in [0, 0.1) is 12.7 Å². The van der Waals surface area contributed by atoms with Gasteiger partial charge >= 0.3 is 0 Å². The van der Waals surface area contributed by atoms with E-state index in [0.717, 1.165) is 11.8 Å². The Labute approximate surface area is 142 Å². The summed E-state index contributed by atoms with van der Waals surface area (Å²) in [5, 5.41) is 0. The van der Waals surface area contributed by atoms with Crippen LogP contribution in [0.15, 0.2) is 53.4 Å². The van der Waals surface area contributed by atoms with Crippen molar-refractivity contribution in [2.45, 2.75) is 24.8 Å². The van der Waals surface area contributed by atoms with Gasteiger partial charge in [-0.2, -0.15) is 4.31 Å². The second-order valence-electron chi connectivity index (χ2n) is 6.20. The summed E-state index contributed by atoms with van der Waals surface area (Å²) < 4.78 is 40.3. The summed E-state index contributed by atoms with van der Waals surface area (Å²) in [6.45, 7) is 5.43. The van der Waals surface area contributed by atoms with Crippen LogP contribution in [0.3, 0.4) is 0 Å². The van der Waals surface area contributed by atoms with Crippen molar-refractivity contribution >= 4 is 15.7 Å². The summed E-state index contributed by atoms with van der Waals surface area (Å²) in [4.78, 5) is 2.23. The van der Waals surface area contributed by atoms with E-state index in [2.05, 4.69) is 11.0 Å². The van der Waals surface area contributed by atoms with E-state index in [1.54, 1.807) is 0 Å². The number of rotatable bonds is 3. The topological polar surface area (TPSA) is 40.6 Å². The molecule has 6 heteroatoms. The molecule has 0 bridgehead atoms. The summed E-state index contributed by atoms with van der Waals surface area (Å²) in [5.74, 6) is -0.539. The third-order valence-electron chi connectivity index (χ3n) is 4.36. The summed E-state index contributed by atoms with van der Waals surface area (Å²) in [6, 6.07) is 13.4. The molecule has 0 amide bonds. The number of hydrogen-bond acceptors (Lipinski definition) is 3. The molecular formula is C18H21FN2O2S. The van der Waals surface area contributed by atoms with Gasteiger partial charge in [-0.15, -0.1) is 0 Å². The number of halogens is 1. The fraction of sp³-hybridized carbons (Fsp3) is 0.333. The van der Waals surface area contributed by atoms with Crippen molar-refractivity contribution in [2.24, 2.45) is 0 Å². The van der Waals surface area contributed by atoms with Crippen LogP contribution >= 0.6 is 0 Å². The van der Waals surface area contributed by atoms with Crippen molar-refractivity contribution < 1.29 is 12.8 Å². The Morgan fingerprint density at radius 2 is 1.83 bits per heavy atom.